The zero-order chi connectivity index (χ0) is 13.7. The first kappa shape index (κ1) is 15.0. The van der Waals surface area contributed by atoms with Crippen LogP contribution in [-0.4, -0.2) is 30.6 Å². The van der Waals surface area contributed by atoms with Gasteiger partial charge in [-0.15, -0.1) is 0 Å². The fraction of sp³-hybridized carbons (Fsp3) is 0.625. The van der Waals surface area contributed by atoms with Crippen molar-refractivity contribution < 1.29 is 0 Å². The van der Waals surface area contributed by atoms with Crippen LogP contribution in [0.3, 0.4) is 0 Å². The van der Waals surface area contributed by atoms with E-state index in [-0.39, 0.29) is 0 Å². The van der Waals surface area contributed by atoms with Gasteiger partial charge in [-0.3, -0.25) is 4.90 Å². The smallest absolute Gasteiger partial charge is 0.0244 e. The minimum absolute atomic E-state index is 0.614. The maximum atomic E-state index is 3.64. The number of nitrogens with one attached hydrogen (secondary N) is 1. The van der Waals surface area contributed by atoms with Crippen LogP contribution in [0.15, 0.2) is 28.7 Å². The Morgan fingerprint density at radius 1 is 1.37 bits per heavy atom. The van der Waals surface area contributed by atoms with Crippen molar-refractivity contribution in [3.8, 4) is 0 Å². The van der Waals surface area contributed by atoms with E-state index in [0.717, 1.165) is 6.54 Å². The Morgan fingerprint density at radius 3 is 2.84 bits per heavy atom. The van der Waals surface area contributed by atoms with Gasteiger partial charge in [0, 0.05) is 23.1 Å². The quantitative estimate of drug-likeness (QED) is 0.886. The third-order valence-electron chi connectivity index (χ3n) is 4.17. The van der Waals surface area contributed by atoms with Crippen LogP contribution in [0, 0.1) is 0 Å². The summed E-state index contributed by atoms with van der Waals surface area (Å²) in [5, 5.41) is 3.64. The van der Waals surface area contributed by atoms with E-state index in [1.54, 1.807) is 0 Å². The molecule has 0 aromatic heterocycles. The minimum Gasteiger partial charge on any atom is -0.314 e. The molecule has 0 radical (unpaired) electrons. The molecule has 0 bridgehead atoms. The van der Waals surface area contributed by atoms with Crippen molar-refractivity contribution in [2.24, 2.45) is 0 Å². The van der Waals surface area contributed by atoms with Gasteiger partial charge < -0.3 is 5.32 Å². The number of nitrogens with zero attached hydrogens (tertiary/aromatic N) is 1. The molecule has 2 unspecified atom stereocenters. The van der Waals surface area contributed by atoms with Crippen molar-refractivity contribution in [3.63, 3.8) is 0 Å². The number of rotatable bonds is 5. The Morgan fingerprint density at radius 2 is 2.16 bits per heavy atom. The molecule has 1 heterocycles. The fourth-order valence-corrected chi connectivity index (χ4v) is 3.18. The second-order valence-electron chi connectivity index (χ2n) is 5.74. The third kappa shape index (κ3) is 4.59. The SMILES string of the molecule is CC(CC1CCCCN1)N(C)Cc1ccccc1Br. The molecule has 0 saturated carbocycles. The number of hydrogen-bond acceptors (Lipinski definition) is 2. The van der Waals surface area contributed by atoms with Crippen LogP contribution in [0.25, 0.3) is 0 Å². The monoisotopic (exact) mass is 324 g/mol. The summed E-state index contributed by atoms with van der Waals surface area (Å²) in [5.41, 5.74) is 1.37. The van der Waals surface area contributed by atoms with Crippen molar-refractivity contribution >= 4 is 15.9 Å². The van der Waals surface area contributed by atoms with Crippen LogP contribution >= 0.6 is 15.9 Å². The van der Waals surface area contributed by atoms with E-state index >= 15 is 0 Å². The molecular formula is C16H25BrN2. The van der Waals surface area contributed by atoms with Gasteiger partial charge in [0.2, 0.25) is 0 Å². The highest BCUT2D eigenvalue weighted by Gasteiger charge is 2.18. The third-order valence-corrected chi connectivity index (χ3v) is 4.94. The number of benzene rings is 1. The van der Waals surface area contributed by atoms with E-state index < -0.39 is 0 Å². The van der Waals surface area contributed by atoms with Gasteiger partial charge in [0.15, 0.2) is 0 Å². The second kappa shape index (κ2) is 7.41. The van der Waals surface area contributed by atoms with Crippen LogP contribution in [-0.2, 0) is 6.54 Å². The molecule has 1 fully saturated rings. The summed E-state index contributed by atoms with van der Waals surface area (Å²) < 4.78 is 1.21. The lowest BCUT2D eigenvalue weighted by Crippen LogP contribution is -2.40. The van der Waals surface area contributed by atoms with Crippen molar-refractivity contribution in [2.45, 2.75) is 51.2 Å². The zero-order valence-electron chi connectivity index (χ0n) is 12.0. The summed E-state index contributed by atoms with van der Waals surface area (Å²) in [6, 6.07) is 9.83. The molecule has 1 saturated heterocycles. The van der Waals surface area contributed by atoms with E-state index in [2.05, 4.69) is 64.4 Å². The van der Waals surface area contributed by atoms with Crippen molar-refractivity contribution in [2.75, 3.05) is 13.6 Å². The highest BCUT2D eigenvalue weighted by molar-refractivity contribution is 9.10. The fourth-order valence-electron chi connectivity index (χ4n) is 2.77. The van der Waals surface area contributed by atoms with E-state index in [1.807, 2.05) is 0 Å². The van der Waals surface area contributed by atoms with Crippen LogP contribution < -0.4 is 5.32 Å². The average Bonchev–Trinajstić information content (AvgIpc) is 2.42. The minimum atomic E-state index is 0.614. The molecule has 106 valence electrons. The van der Waals surface area contributed by atoms with Gasteiger partial charge in [0.05, 0.1) is 0 Å². The molecule has 1 N–H and O–H groups in total. The Hall–Kier alpha value is -0.380. The molecule has 0 aliphatic carbocycles. The van der Waals surface area contributed by atoms with Crippen molar-refractivity contribution in [1.29, 1.82) is 0 Å². The average molecular weight is 325 g/mol. The molecule has 3 heteroatoms. The molecule has 0 amide bonds. The molecule has 0 spiro atoms. The normalized spacial score (nSPS) is 21.6. The van der Waals surface area contributed by atoms with E-state index in [1.165, 1.54) is 42.3 Å². The van der Waals surface area contributed by atoms with E-state index in [4.69, 9.17) is 0 Å². The van der Waals surface area contributed by atoms with Crippen molar-refractivity contribution in [3.05, 3.63) is 34.3 Å². The number of hydrogen-bond donors (Lipinski definition) is 1. The first-order valence-corrected chi connectivity index (χ1v) is 8.13. The summed E-state index contributed by atoms with van der Waals surface area (Å²) in [6.07, 6.45) is 5.32. The molecule has 1 aliphatic heterocycles. The topological polar surface area (TPSA) is 15.3 Å². The lowest BCUT2D eigenvalue weighted by atomic mass is 9.98. The Bertz CT molecular complexity index is 388. The van der Waals surface area contributed by atoms with Crippen LogP contribution in [0.2, 0.25) is 0 Å². The van der Waals surface area contributed by atoms with E-state index in [9.17, 15) is 0 Å². The van der Waals surface area contributed by atoms with Gasteiger partial charge in [-0.05, 0) is 51.4 Å². The largest absolute Gasteiger partial charge is 0.314 e. The highest BCUT2D eigenvalue weighted by atomic mass is 79.9. The Balaban J connectivity index is 1.85. The van der Waals surface area contributed by atoms with Gasteiger partial charge in [-0.25, -0.2) is 0 Å². The van der Waals surface area contributed by atoms with Gasteiger partial charge in [0.1, 0.15) is 0 Å². The molecule has 1 aromatic rings. The predicted molar refractivity (Wildman–Crippen MR) is 85.3 cm³/mol. The molecular weight excluding hydrogens is 300 g/mol. The maximum Gasteiger partial charge on any atom is 0.0244 e. The molecule has 19 heavy (non-hydrogen) atoms. The van der Waals surface area contributed by atoms with Gasteiger partial charge in [-0.2, -0.15) is 0 Å². The lowest BCUT2D eigenvalue weighted by Gasteiger charge is -2.31. The highest BCUT2D eigenvalue weighted by Crippen LogP contribution is 2.20. The molecule has 1 aliphatic rings. The van der Waals surface area contributed by atoms with Gasteiger partial charge in [-0.1, -0.05) is 40.5 Å². The van der Waals surface area contributed by atoms with Crippen LogP contribution in [0.1, 0.15) is 38.2 Å². The van der Waals surface area contributed by atoms with Crippen LogP contribution in [0.5, 0.6) is 0 Å². The summed E-state index contributed by atoms with van der Waals surface area (Å²) in [6.45, 7) is 4.55. The zero-order valence-corrected chi connectivity index (χ0v) is 13.6. The number of halogens is 1. The molecule has 2 rings (SSSR count). The molecule has 2 atom stereocenters. The summed E-state index contributed by atoms with van der Waals surface area (Å²) in [7, 11) is 2.23. The van der Waals surface area contributed by atoms with Crippen LogP contribution in [0.4, 0.5) is 0 Å². The van der Waals surface area contributed by atoms with Gasteiger partial charge >= 0.3 is 0 Å². The lowest BCUT2D eigenvalue weighted by molar-refractivity contribution is 0.209. The standard InChI is InChI=1S/C16H25BrN2/c1-13(11-15-8-5-6-10-18-15)19(2)12-14-7-3-4-9-16(14)17/h3-4,7,9,13,15,18H,5-6,8,10-12H2,1-2H3. The van der Waals surface area contributed by atoms with Gasteiger partial charge in [0.25, 0.3) is 0 Å². The van der Waals surface area contributed by atoms with E-state index in [0.29, 0.717) is 12.1 Å². The summed E-state index contributed by atoms with van der Waals surface area (Å²) >= 11 is 3.63. The second-order valence-corrected chi connectivity index (χ2v) is 6.59. The Labute approximate surface area is 125 Å². The first-order valence-electron chi connectivity index (χ1n) is 7.34. The molecule has 2 nitrogen and oxygen atoms in total. The first-order chi connectivity index (χ1) is 9.16. The Kier molecular flexibility index (Phi) is 5.86. The summed E-state index contributed by atoms with van der Waals surface area (Å²) in [5.74, 6) is 0. The number of piperidine rings is 1. The summed E-state index contributed by atoms with van der Waals surface area (Å²) in [4.78, 5) is 2.45. The predicted octanol–water partition coefficient (Wildman–Crippen LogP) is 3.80. The maximum absolute atomic E-state index is 3.64. The van der Waals surface area contributed by atoms with Crippen molar-refractivity contribution in [1.82, 2.24) is 10.2 Å². The molecule has 1 aromatic carbocycles.